The molecule has 0 bridgehead atoms. The molecule has 0 aromatic rings. The van der Waals surface area contributed by atoms with Crippen molar-refractivity contribution in [3.05, 3.63) is 0 Å². The fraction of sp³-hybridized carbons (Fsp3) is 1.00. The molecule has 0 spiro atoms. The predicted molar refractivity (Wildman–Crippen MR) is 65.3 cm³/mol. The van der Waals surface area contributed by atoms with Crippen molar-refractivity contribution in [2.24, 2.45) is 11.8 Å². The first-order valence-corrected chi connectivity index (χ1v) is 6.70. The smallest absolute Gasteiger partial charge is 0.0687 e. The predicted octanol–water partition coefficient (Wildman–Crippen LogP) is 3.13. The van der Waals surface area contributed by atoms with Crippen LogP contribution in [-0.2, 0) is 4.74 Å². The van der Waals surface area contributed by atoms with Gasteiger partial charge in [0, 0.05) is 5.92 Å². The average molecular weight is 226 g/mol. The average Bonchev–Trinajstić information content (AvgIpc) is 2.69. The third-order valence-corrected chi connectivity index (χ3v) is 4.44. The molecule has 0 aromatic heterocycles. The molecule has 0 radical (unpaired) electrons. The fourth-order valence-corrected chi connectivity index (χ4v) is 3.76. The highest BCUT2D eigenvalue weighted by atomic mass is 16.5. The van der Waals surface area contributed by atoms with Gasteiger partial charge in [-0.2, -0.15) is 0 Å². The van der Waals surface area contributed by atoms with Crippen molar-refractivity contribution in [3.63, 3.8) is 0 Å². The van der Waals surface area contributed by atoms with Gasteiger partial charge >= 0.3 is 0 Å². The van der Waals surface area contributed by atoms with Crippen LogP contribution in [0.4, 0.5) is 0 Å². The number of ether oxygens (including phenoxy) is 1. The van der Waals surface area contributed by atoms with Gasteiger partial charge in [-0.3, -0.25) is 0 Å². The van der Waals surface area contributed by atoms with Crippen LogP contribution in [0.5, 0.6) is 0 Å². The van der Waals surface area contributed by atoms with E-state index in [0.29, 0.717) is 11.8 Å². The molecule has 2 rings (SSSR count). The molecular weight excluding hydrogens is 200 g/mol. The highest BCUT2D eigenvalue weighted by Crippen LogP contribution is 2.46. The molecule has 0 aromatic carbocycles. The van der Waals surface area contributed by atoms with Crippen LogP contribution < -0.4 is 0 Å². The highest BCUT2D eigenvalue weighted by molar-refractivity contribution is 4.99. The minimum atomic E-state index is -0.175. The molecule has 2 heteroatoms. The van der Waals surface area contributed by atoms with E-state index in [4.69, 9.17) is 4.74 Å². The van der Waals surface area contributed by atoms with Crippen molar-refractivity contribution in [2.45, 2.75) is 77.1 Å². The topological polar surface area (TPSA) is 29.5 Å². The van der Waals surface area contributed by atoms with Crippen molar-refractivity contribution in [3.8, 4) is 0 Å². The summed E-state index contributed by atoms with van der Waals surface area (Å²) in [5.41, 5.74) is -0.251. The van der Waals surface area contributed by atoms with E-state index in [0.717, 1.165) is 6.42 Å². The first kappa shape index (κ1) is 12.4. The SMILES string of the molecule is CC1(C)CC(C(O)C2CCCC2)C(C)(C)O1. The number of rotatable bonds is 2. The summed E-state index contributed by atoms with van der Waals surface area (Å²) in [6, 6.07) is 0. The van der Waals surface area contributed by atoms with Gasteiger partial charge in [0.05, 0.1) is 17.3 Å². The van der Waals surface area contributed by atoms with Crippen molar-refractivity contribution >= 4 is 0 Å². The van der Waals surface area contributed by atoms with Crippen LogP contribution in [0.15, 0.2) is 0 Å². The molecule has 2 atom stereocenters. The van der Waals surface area contributed by atoms with E-state index in [9.17, 15) is 5.11 Å². The highest BCUT2D eigenvalue weighted by Gasteiger charge is 2.50. The molecule has 1 heterocycles. The Morgan fingerprint density at radius 2 is 1.69 bits per heavy atom. The van der Waals surface area contributed by atoms with Crippen LogP contribution >= 0.6 is 0 Å². The molecule has 1 saturated heterocycles. The summed E-state index contributed by atoms with van der Waals surface area (Å²) in [6.45, 7) is 8.53. The van der Waals surface area contributed by atoms with Crippen molar-refractivity contribution in [1.29, 1.82) is 0 Å². The second-order valence-electron chi connectivity index (χ2n) is 6.81. The minimum absolute atomic E-state index is 0.0756. The monoisotopic (exact) mass is 226 g/mol. The summed E-state index contributed by atoms with van der Waals surface area (Å²) in [4.78, 5) is 0. The van der Waals surface area contributed by atoms with Crippen LogP contribution in [0.1, 0.15) is 59.8 Å². The summed E-state index contributed by atoms with van der Waals surface area (Å²) in [7, 11) is 0. The maximum absolute atomic E-state index is 10.5. The van der Waals surface area contributed by atoms with Crippen LogP contribution in [0.3, 0.4) is 0 Å². The number of aliphatic hydroxyl groups is 1. The first-order chi connectivity index (χ1) is 7.32. The summed E-state index contributed by atoms with van der Waals surface area (Å²) < 4.78 is 6.07. The Balaban J connectivity index is 2.08. The molecule has 0 amide bonds. The zero-order chi connectivity index (χ0) is 12.0. The normalized spacial score (nSPS) is 35.4. The summed E-state index contributed by atoms with van der Waals surface area (Å²) >= 11 is 0. The van der Waals surface area contributed by atoms with Gasteiger partial charge in [-0.1, -0.05) is 12.8 Å². The third kappa shape index (κ3) is 2.28. The maximum atomic E-state index is 10.5. The van der Waals surface area contributed by atoms with Crippen LogP contribution in [-0.4, -0.2) is 22.4 Å². The van der Waals surface area contributed by atoms with Gasteiger partial charge in [0.2, 0.25) is 0 Å². The Kier molecular flexibility index (Phi) is 3.09. The van der Waals surface area contributed by atoms with Crippen LogP contribution in [0.25, 0.3) is 0 Å². The Bertz CT molecular complexity index is 251. The van der Waals surface area contributed by atoms with Gasteiger partial charge in [0.15, 0.2) is 0 Å². The molecular formula is C14H26O2. The number of hydrogen-bond acceptors (Lipinski definition) is 2. The molecule has 2 aliphatic rings. The van der Waals surface area contributed by atoms with E-state index in [1.54, 1.807) is 0 Å². The molecule has 2 nitrogen and oxygen atoms in total. The van der Waals surface area contributed by atoms with Crippen molar-refractivity contribution in [2.75, 3.05) is 0 Å². The lowest BCUT2D eigenvalue weighted by Crippen LogP contribution is -2.39. The van der Waals surface area contributed by atoms with Gasteiger partial charge in [0.25, 0.3) is 0 Å². The van der Waals surface area contributed by atoms with Gasteiger partial charge in [-0.15, -0.1) is 0 Å². The first-order valence-electron chi connectivity index (χ1n) is 6.70. The van der Waals surface area contributed by atoms with Gasteiger partial charge < -0.3 is 9.84 Å². The Hall–Kier alpha value is -0.0800. The molecule has 1 N–H and O–H groups in total. The number of aliphatic hydroxyl groups excluding tert-OH is 1. The van der Waals surface area contributed by atoms with E-state index in [1.807, 2.05) is 0 Å². The zero-order valence-electron chi connectivity index (χ0n) is 11.1. The van der Waals surface area contributed by atoms with Gasteiger partial charge in [0.1, 0.15) is 0 Å². The molecule has 1 saturated carbocycles. The van der Waals surface area contributed by atoms with Crippen LogP contribution in [0, 0.1) is 11.8 Å². The number of hydrogen-bond donors (Lipinski definition) is 1. The van der Waals surface area contributed by atoms with E-state index in [-0.39, 0.29) is 17.3 Å². The van der Waals surface area contributed by atoms with Crippen molar-refractivity contribution < 1.29 is 9.84 Å². The lowest BCUT2D eigenvalue weighted by molar-refractivity contribution is -0.0933. The zero-order valence-corrected chi connectivity index (χ0v) is 11.1. The molecule has 1 aliphatic carbocycles. The summed E-state index contributed by atoms with van der Waals surface area (Å²) in [5.74, 6) is 0.812. The molecule has 16 heavy (non-hydrogen) atoms. The lowest BCUT2D eigenvalue weighted by atomic mass is 9.78. The molecule has 2 fully saturated rings. The second kappa shape index (κ2) is 3.99. The molecule has 1 aliphatic heterocycles. The standard InChI is InChI=1S/C14H26O2/c1-13(2)9-11(14(3,4)16-13)12(15)10-7-5-6-8-10/h10-12,15H,5-9H2,1-4H3. The second-order valence-corrected chi connectivity index (χ2v) is 6.81. The van der Waals surface area contributed by atoms with Gasteiger partial charge in [-0.25, -0.2) is 0 Å². The van der Waals surface area contributed by atoms with E-state index in [2.05, 4.69) is 27.7 Å². The maximum Gasteiger partial charge on any atom is 0.0687 e. The van der Waals surface area contributed by atoms with Crippen LogP contribution in [0.2, 0.25) is 0 Å². The minimum Gasteiger partial charge on any atom is -0.392 e. The lowest BCUT2D eigenvalue weighted by Gasteiger charge is -2.33. The summed E-state index contributed by atoms with van der Waals surface area (Å²) in [6.07, 6.45) is 5.80. The largest absolute Gasteiger partial charge is 0.392 e. The van der Waals surface area contributed by atoms with Crippen molar-refractivity contribution in [1.82, 2.24) is 0 Å². The Morgan fingerprint density at radius 1 is 1.12 bits per heavy atom. The Morgan fingerprint density at radius 3 is 2.12 bits per heavy atom. The molecule has 2 unspecified atom stereocenters. The van der Waals surface area contributed by atoms with Gasteiger partial charge in [-0.05, 0) is 52.9 Å². The molecule has 94 valence electrons. The van der Waals surface area contributed by atoms with E-state index in [1.165, 1.54) is 25.7 Å². The van der Waals surface area contributed by atoms with E-state index < -0.39 is 0 Å². The Labute approximate surface area is 99.4 Å². The quantitative estimate of drug-likeness (QED) is 0.784. The fourth-order valence-electron chi connectivity index (χ4n) is 3.76. The van der Waals surface area contributed by atoms with E-state index >= 15 is 0 Å². The third-order valence-electron chi connectivity index (χ3n) is 4.44. The summed E-state index contributed by atoms with van der Waals surface area (Å²) in [5, 5.41) is 10.5.